The fraction of sp³-hybridized carbons (Fsp3) is 0.800. The normalized spacial score (nSPS) is 26.4. The summed E-state index contributed by atoms with van der Waals surface area (Å²) in [7, 11) is 0. The van der Waals surface area contributed by atoms with Crippen LogP contribution in [-0.4, -0.2) is 60.4 Å². The van der Waals surface area contributed by atoms with Crippen LogP contribution in [0.3, 0.4) is 0 Å². The molecule has 2 aliphatic heterocycles. The van der Waals surface area contributed by atoms with Crippen LogP contribution in [0.25, 0.3) is 0 Å². The molecule has 0 spiro atoms. The summed E-state index contributed by atoms with van der Waals surface area (Å²) >= 11 is 0. The molecule has 0 aliphatic carbocycles. The summed E-state index contributed by atoms with van der Waals surface area (Å²) in [6.07, 6.45) is -0.660. The molecule has 0 N–H and O–H groups in total. The van der Waals surface area contributed by atoms with Crippen LogP contribution in [0.2, 0.25) is 0 Å². The molecule has 2 heterocycles. The van der Waals surface area contributed by atoms with E-state index < -0.39 is 0 Å². The van der Waals surface area contributed by atoms with E-state index in [0.717, 1.165) is 13.1 Å². The van der Waals surface area contributed by atoms with E-state index in [2.05, 4.69) is 0 Å². The second-order valence-corrected chi connectivity index (χ2v) is 4.23. The van der Waals surface area contributed by atoms with Crippen LogP contribution < -0.4 is 0 Å². The summed E-state index contributed by atoms with van der Waals surface area (Å²) in [4.78, 5) is 25.6. The van der Waals surface area contributed by atoms with Crippen molar-refractivity contribution in [3.05, 3.63) is 0 Å². The topological polar surface area (TPSA) is 58.6 Å². The Morgan fingerprint density at radius 2 is 1.31 bits per heavy atom. The summed E-state index contributed by atoms with van der Waals surface area (Å²) in [6.45, 7) is 5.64. The molecule has 6 heteroatoms. The molecule has 0 aromatic rings. The third-order valence-corrected chi connectivity index (χ3v) is 2.72. The van der Waals surface area contributed by atoms with Crippen molar-refractivity contribution in [2.24, 2.45) is 0 Å². The zero-order chi connectivity index (χ0) is 11.7. The van der Waals surface area contributed by atoms with Crippen molar-refractivity contribution in [2.45, 2.75) is 25.9 Å². The molecule has 0 aromatic carbocycles. The highest BCUT2D eigenvalue weighted by Crippen LogP contribution is 2.18. The lowest BCUT2D eigenvalue weighted by molar-refractivity contribution is 0.0805. The van der Waals surface area contributed by atoms with E-state index >= 15 is 0 Å². The van der Waals surface area contributed by atoms with Gasteiger partial charge in [0.15, 0.2) is 0 Å². The Hall–Kier alpha value is -1.46. The smallest absolute Gasteiger partial charge is 0.410 e. The molecule has 16 heavy (non-hydrogen) atoms. The van der Waals surface area contributed by atoms with E-state index in [4.69, 9.17) is 9.47 Å². The van der Waals surface area contributed by atoms with Gasteiger partial charge in [0.05, 0.1) is 12.1 Å². The van der Waals surface area contributed by atoms with Crippen LogP contribution in [0.1, 0.15) is 13.8 Å². The first-order valence-corrected chi connectivity index (χ1v) is 5.46. The maximum absolute atomic E-state index is 11.2. The minimum absolute atomic E-state index is 0.121. The summed E-state index contributed by atoms with van der Waals surface area (Å²) < 4.78 is 9.81. The Kier molecular flexibility index (Phi) is 2.89. The Morgan fingerprint density at radius 1 is 1.00 bits per heavy atom. The maximum Gasteiger partial charge on any atom is 0.410 e. The molecule has 2 saturated heterocycles. The lowest BCUT2D eigenvalue weighted by atomic mass is 10.6. The number of carbonyl (C=O) groups is 2. The van der Waals surface area contributed by atoms with Crippen molar-refractivity contribution < 1.29 is 19.1 Å². The second-order valence-electron chi connectivity index (χ2n) is 4.23. The number of rotatable bonds is 3. The number of amides is 2. The summed E-state index contributed by atoms with van der Waals surface area (Å²) in [5.74, 6) is 0. The number of hydrogen-bond acceptors (Lipinski definition) is 4. The van der Waals surface area contributed by atoms with Gasteiger partial charge in [-0.15, -0.1) is 0 Å². The van der Waals surface area contributed by atoms with Crippen LogP contribution in [0.4, 0.5) is 9.59 Å². The van der Waals surface area contributed by atoms with E-state index in [0.29, 0.717) is 0 Å². The van der Waals surface area contributed by atoms with Gasteiger partial charge < -0.3 is 19.3 Å². The third kappa shape index (κ3) is 2.56. The molecule has 90 valence electrons. The molecule has 0 saturated carbocycles. The molecule has 2 rings (SSSR count). The highest BCUT2D eigenvalue weighted by atomic mass is 16.6. The van der Waals surface area contributed by atoms with Gasteiger partial charge in [-0.3, -0.25) is 0 Å². The van der Waals surface area contributed by atoms with Crippen LogP contribution in [-0.2, 0) is 9.47 Å². The first kappa shape index (κ1) is 11.0. The number of carbonyl (C=O) groups excluding carboxylic acids is 2. The molecule has 0 unspecified atom stereocenters. The van der Waals surface area contributed by atoms with Crippen LogP contribution in [0, 0.1) is 0 Å². The predicted octanol–water partition coefficient (Wildman–Crippen LogP) is 0.668. The lowest BCUT2D eigenvalue weighted by Crippen LogP contribution is -2.21. The predicted molar refractivity (Wildman–Crippen MR) is 55.0 cm³/mol. The lowest BCUT2D eigenvalue weighted by Gasteiger charge is -2.07. The number of ether oxygens (including phenoxy) is 2. The Balaban J connectivity index is 1.52. The maximum atomic E-state index is 11.2. The first-order chi connectivity index (χ1) is 7.59. The van der Waals surface area contributed by atoms with Gasteiger partial charge >= 0.3 is 12.2 Å². The van der Waals surface area contributed by atoms with Gasteiger partial charge in [0.25, 0.3) is 0 Å². The van der Waals surface area contributed by atoms with Gasteiger partial charge in [-0.05, 0) is 13.8 Å². The molecule has 2 atom stereocenters. The number of nitrogens with zero attached hydrogens (tertiary/aromatic N) is 2. The largest absolute Gasteiger partial charge is 0.446 e. The van der Waals surface area contributed by atoms with Crippen LogP contribution >= 0.6 is 0 Å². The molecule has 0 aromatic heterocycles. The van der Waals surface area contributed by atoms with Gasteiger partial charge in [-0.25, -0.2) is 9.59 Å². The zero-order valence-corrected chi connectivity index (χ0v) is 9.51. The standard InChI is InChI=1S/C10H16N2O4/c1-7-5-11(7)9(13)15-3-4-16-10(14)12-6-8(12)2/h7-8H,3-6H2,1-2H3/t7-,8-,11?,12?/m1/s1. The molecule has 2 aliphatic rings. The van der Waals surface area contributed by atoms with E-state index in [1.54, 1.807) is 9.80 Å². The highest BCUT2D eigenvalue weighted by molar-refractivity contribution is 5.71. The van der Waals surface area contributed by atoms with Gasteiger partial charge in [0, 0.05) is 13.1 Å². The molecule has 0 radical (unpaired) electrons. The zero-order valence-electron chi connectivity index (χ0n) is 9.51. The summed E-state index contributed by atoms with van der Waals surface area (Å²) in [5, 5.41) is 0. The van der Waals surface area contributed by atoms with Gasteiger partial charge in [0.1, 0.15) is 13.2 Å². The average Bonchev–Trinajstić information content (AvgIpc) is 3.11. The average molecular weight is 228 g/mol. The molecule has 2 amide bonds. The Labute approximate surface area is 94.1 Å². The molecular formula is C10H16N2O4. The van der Waals surface area contributed by atoms with Crippen molar-refractivity contribution in [1.29, 1.82) is 0 Å². The van der Waals surface area contributed by atoms with Gasteiger partial charge in [0.2, 0.25) is 0 Å². The van der Waals surface area contributed by atoms with Crippen molar-refractivity contribution in [1.82, 2.24) is 9.80 Å². The SMILES string of the molecule is C[C@@H]1CN1C(=O)OCCOC(=O)N1C[C@H]1C. The molecular weight excluding hydrogens is 212 g/mol. The van der Waals surface area contributed by atoms with E-state index in [9.17, 15) is 9.59 Å². The number of hydrogen-bond donors (Lipinski definition) is 0. The van der Waals surface area contributed by atoms with Gasteiger partial charge in [-0.2, -0.15) is 0 Å². The quantitative estimate of drug-likeness (QED) is 0.526. The highest BCUT2D eigenvalue weighted by Gasteiger charge is 2.36. The van der Waals surface area contributed by atoms with E-state index in [1.165, 1.54) is 0 Å². The van der Waals surface area contributed by atoms with E-state index in [-0.39, 0.29) is 37.5 Å². The van der Waals surface area contributed by atoms with Crippen molar-refractivity contribution >= 4 is 12.2 Å². The van der Waals surface area contributed by atoms with Crippen molar-refractivity contribution in [2.75, 3.05) is 26.3 Å². The Morgan fingerprint density at radius 3 is 1.56 bits per heavy atom. The third-order valence-electron chi connectivity index (χ3n) is 2.72. The second kappa shape index (κ2) is 4.19. The van der Waals surface area contributed by atoms with Crippen LogP contribution in [0.5, 0.6) is 0 Å². The fourth-order valence-corrected chi connectivity index (χ4v) is 1.41. The van der Waals surface area contributed by atoms with Crippen molar-refractivity contribution in [3.8, 4) is 0 Å². The molecule has 6 nitrogen and oxygen atoms in total. The molecule has 0 bridgehead atoms. The minimum Gasteiger partial charge on any atom is -0.446 e. The Bertz CT molecular complexity index is 277. The molecule has 2 fully saturated rings. The monoisotopic (exact) mass is 228 g/mol. The fourth-order valence-electron chi connectivity index (χ4n) is 1.41. The summed E-state index contributed by atoms with van der Waals surface area (Å²) in [5.41, 5.74) is 0. The van der Waals surface area contributed by atoms with Gasteiger partial charge in [-0.1, -0.05) is 0 Å². The summed E-state index contributed by atoms with van der Waals surface area (Å²) in [6, 6.07) is 0.571. The van der Waals surface area contributed by atoms with Crippen molar-refractivity contribution in [3.63, 3.8) is 0 Å². The first-order valence-electron chi connectivity index (χ1n) is 5.46. The van der Waals surface area contributed by atoms with Crippen LogP contribution in [0.15, 0.2) is 0 Å². The minimum atomic E-state index is -0.330. The van der Waals surface area contributed by atoms with E-state index in [1.807, 2.05) is 13.8 Å².